The second-order valence-electron chi connectivity index (χ2n) is 9.08. The van der Waals surface area contributed by atoms with Crippen LogP contribution in [0.2, 0.25) is 0 Å². The van der Waals surface area contributed by atoms with E-state index in [4.69, 9.17) is 10.5 Å². The van der Waals surface area contributed by atoms with Gasteiger partial charge >= 0.3 is 0 Å². The lowest BCUT2D eigenvalue weighted by atomic mass is 9.65. The molecule has 2 aliphatic rings. The van der Waals surface area contributed by atoms with Crippen molar-refractivity contribution in [2.75, 3.05) is 7.11 Å². The third kappa shape index (κ3) is 4.16. The second-order valence-corrected chi connectivity index (χ2v) is 9.08. The summed E-state index contributed by atoms with van der Waals surface area (Å²) in [4.78, 5) is 36.2. The second kappa shape index (κ2) is 9.29. The number of nitrogens with two attached hydrogens (primary N) is 1. The van der Waals surface area contributed by atoms with Gasteiger partial charge < -0.3 is 25.8 Å². The van der Waals surface area contributed by atoms with E-state index < -0.39 is 28.9 Å². The molecule has 0 bridgehead atoms. The summed E-state index contributed by atoms with van der Waals surface area (Å²) in [5, 5.41) is 31.9. The molecular weight excluding hydrogens is 450 g/mol. The van der Waals surface area contributed by atoms with E-state index >= 15 is 0 Å². The molecule has 2 aromatic rings. The summed E-state index contributed by atoms with van der Waals surface area (Å²) in [6.45, 7) is 1.72. The molecule has 2 aliphatic carbocycles. The molecular formula is C27H27NO7. The number of aromatic hydroxyl groups is 1. The maximum atomic E-state index is 13.5. The molecule has 0 aliphatic heterocycles. The molecule has 2 aromatic carbocycles. The SMILES string of the molecule is COc1cccc(-c2ccc(O)c3c2C[C@H]2C[C@@H](C/C(O)=C(\C=O)C(N)=O)C(C)C(O)=C2C3=O)c1. The normalized spacial score (nSPS) is 22.1. The first-order chi connectivity index (χ1) is 16.7. The standard InChI is InChI=1S/C27H27NO7/c1-13-15(11-22(31)20(12-29)27(28)34)8-16-10-19-18(14-4-3-5-17(9-14)35-2)6-7-21(30)24(19)26(33)23(16)25(13)32/h3-7,9,12-13,15-16,30-32H,8,10-11H2,1-2H3,(H2,28,34)/b22-20-/t13?,15-,16+/m0/s1. The van der Waals surface area contributed by atoms with Gasteiger partial charge in [-0.3, -0.25) is 14.4 Å². The number of carbonyl (C=O) groups excluding carboxylic acids is 3. The average molecular weight is 478 g/mol. The monoisotopic (exact) mass is 477 g/mol. The molecule has 8 heteroatoms. The Kier molecular flexibility index (Phi) is 6.39. The average Bonchev–Trinajstić information content (AvgIpc) is 2.82. The first kappa shape index (κ1) is 24.1. The lowest BCUT2D eigenvalue weighted by Crippen LogP contribution is -2.35. The first-order valence-corrected chi connectivity index (χ1v) is 11.3. The van der Waals surface area contributed by atoms with Crippen LogP contribution in [-0.2, 0) is 16.0 Å². The van der Waals surface area contributed by atoms with E-state index in [1.54, 1.807) is 20.1 Å². The molecule has 35 heavy (non-hydrogen) atoms. The highest BCUT2D eigenvalue weighted by Crippen LogP contribution is 2.48. The number of amides is 1. The number of Topliss-reactive ketones (excluding diaryl/α,β-unsaturated/α-hetero) is 1. The van der Waals surface area contributed by atoms with Crippen LogP contribution in [0, 0.1) is 17.8 Å². The van der Waals surface area contributed by atoms with Gasteiger partial charge in [0.1, 0.15) is 28.6 Å². The number of phenolic OH excluding ortho intramolecular Hbond substituents is 1. The Morgan fingerprint density at radius 2 is 1.97 bits per heavy atom. The number of benzene rings is 2. The van der Waals surface area contributed by atoms with Crippen molar-refractivity contribution in [3.8, 4) is 22.6 Å². The molecule has 0 spiro atoms. The molecule has 3 atom stereocenters. The molecule has 0 aromatic heterocycles. The van der Waals surface area contributed by atoms with Crippen molar-refractivity contribution in [1.29, 1.82) is 0 Å². The number of aliphatic hydroxyl groups is 2. The van der Waals surface area contributed by atoms with E-state index in [0.717, 1.165) is 11.1 Å². The van der Waals surface area contributed by atoms with Crippen molar-refractivity contribution in [3.63, 3.8) is 0 Å². The third-order valence-corrected chi connectivity index (χ3v) is 7.15. The molecule has 0 fully saturated rings. The van der Waals surface area contributed by atoms with Crippen LogP contribution in [0.15, 0.2) is 59.1 Å². The van der Waals surface area contributed by atoms with Gasteiger partial charge in [-0.1, -0.05) is 25.1 Å². The highest BCUT2D eigenvalue weighted by Gasteiger charge is 2.43. The van der Waals surface area contributed by atoms with Crippen LogP contribution in [0.25, 0.3) is 11.1 Å². The zero-order chi connectivity index (χ0) is 25.4. The highest BCUT2D eigenvalue weighted by atomic mass is 16.5. The van der Waals surface area contributed by atoms with E-state index in [1.807, 2.05) is 24.3 Å². The van der Waals surface area contributed by atoms with Crippen molar-refractivity contribution in [2.24, 2.45) is 23.5 Å². The molecule has 0 heterocycles. The predicted molar refractivity (Wildman–Crippen MR) is 128 cm³/mol. The van der Waals surface area contributed by atoms with Gasteiger partial charge in [-0.15, -0.1) is 0 Å². The molecule has 1 unspecified atom stereocenters. The van der Waals surface area contributed by atoms with Gasteiger partial charge in [0, 0.05) is 17.9 Å². The summed E-state index contributed by atoms with van der Waals surface area (Å²) >= 11 is 0. The Labute approximate surface area is 202 Å². The van der Waals surface area contributed by atoms with Gasteiger partial charge in [-0.25, -0.2) is 0 Å². The number of aliphatic hydroxyl groups excluding tert-OH is 2. The summed E-state index contributed by atoms with van der Waals surface area (Å²) in [6, 6.07) is 10.6. The smallest absolute Gasteiger partial charge is 0.255 e. The molecule has 4 rings (SSSR count). The van der Waals surface area contributed by atoms with Gasteiger partial charge in [0.05, 0.1) is 12.7 Å². The fraction of sp³-hybridized carbons (Fsp3) is 0.296. The lowest BCUT2D eigenvalue weighted by Gasteiger charge is -2.38. The van der Waals surface area contributed by atoms with Gasteiger partial charge in [0.2, 0.25) is 0 Å². The summed E-state index contributed by atoms with van der Waals surface area (Å²) < 4.78 is 5.33. The number of hydrogen-bond acceptors (Lipinski definition) is 7. The van der Waals surface area contributed by atoms with Crippen LogP contribution in [0.4, 0.5) is 0 Å². The molecule has 0 radical (unpaired) electrons. The molecule has 8 nitrogen and oxygen atoms in total. The molecule has 1 amide bonds. The van der Waals surface area contributed by atoms with Crippen LogP contribution in [0.5, 0.6) is 11.5 Å². The van der Waals surface area contributed by atoms with E-state index in [1.165, 1.54) is 6.07 Å². The zero-order valence-corrected chi connectivity index (χ0v) is 19.4. The number of fused-ring (bicyclic) bond motifs is 2. The summed E-state index contributed by atoms with van der Waals surface area (Å²) in [6.07, 6.45) is 0.977. The fourth-order valence-corrected chi connectivity index (χ4v) is 5.28. The summed E-state index contributed by atoms with van der Waals surface area (Å²) in [5.41, 5.74) is 7.38. The number of primary amides is 1. The Hall–Kier alpha value is -4.07. The topological polar surface area (TPSA) is 147 Å². The minimum Gasteiger partial charge on any atom is -0.512 e. The molecule has 0 saturated carbocycles. The first-order valence-electron chi connectivity index (χ1n) is 11.3. The molecule has 5 N–H and O–H groups in total. The molecule has 182 valence electrons. The number of methoxy groups -OCH3 is 1. The Balaban J connectivity index is 1.78. The number of carbonyl (C=O) groups is 3. The van der Waals surface area contributed by atoms with Crippen molar-refractivity contribution >= 4 is 18.0 Å². The number of rotatable bonds is 6. The Morgan fingerprint density at radius 3 is 2.63 bits per heavy atom. The van der Waals surface area contributed by atoms with E-state index in [9.17, 15) is 29.7 Å². The van der Waals surface area contributed by atoms with Crippen LogP contribution < -0.4 is 10.5 Å². The number of hydrogen-bond donors (Lipinski definition) is 4. The van der Waals surface area contributed by atoms with Gasteiger partial charge in [0.25, 0.3) is 5.91 Å². The van der Waals surface area contributed by atoms with Crippen molar-refractivity contribution in [2.45, 2.75) is 26.2 Å². The minimum atomic E-state index is -1.03. The van der Waals surface area contributed by atoms with Crippen molar-refractivity contribution < 1.29 is 34.4 Å². The minimum absolute atomic E-state index is 0.0458. The number of ketones is 1. The largest absolute Gasteiger partial charge is 0.512 e. The number of aldehydes is 1. The Bertz CT molecular complexity index is 1290. The van der Waals surface area contributed by atoms with Gasteiger partial charge in [-0.05, 0) is 59.6 Å². The van der Waals surface area contributed by atoms with Crippen LogP contribution in [0.3, 0.4) is 0 Å². The van der Waals surface area contributed by atoms with Crippen LogP contribution in [-0.4, -0.2) is 40.4 Å². The van der Waals surface area contributed by atoms with E-state index in [2.05, 4.69) is 0 Å². The number of allylic oxidation sites excluding steroid dienone is 3. The van der Waals surface area contributed by atoms with Crippen LogP contribution in [0.1, 0.15) is 35.7 Å². The maximum absolute atomic E-state index is 13.5. The highest BCUT2D eigenvalue weighted by molar-refractivity contribution is 6.14. The number of ether oxygens (including phenoxy) is 1. The van der Waals surface area contributed by atoms with Crippen molar-refractivity contribution in [3.05, 3.63) is 70.2 Å². The molecule has 0 saturated heterocycles. The number of phenols is 1. The zero-order valence-electron chi connectivity index (χ0n) is 19.4. The van der Waals surface area contributed by atoms with E-state index in [0.29, 0.717) is 24.2 Å². The van der Waals surface area contributed by atoms with Gasteiger partial charge in [0.15, 0.2) is 12.1 Å². The fourth-order valence-electron chi connectivity index (χ4n) is 5.28. The Morgan fingerprint density at radius 1 is 1.23 bits per heavy atom. The van der Waals surface area contributed by atoms with Crippen molar-refractivity contribution in [1.82, 2.24) is 0 Å². The third-order valence-electron chi connectivity index (χ3n) is 7.15. The summed E-state index contributed by atoms with van der Waals surface area (Å²) in [7, 11) is 1.57. The van der Waals surface area contributed by atoms with Gasteiger partial charge in [-0.2, -0.15) is 0 Å². The van der Waals surface area contributed by atoms with Crippen LogP contribution >= 0.6 is 0 Å². The summed E-state index contributed by atoms with van der Waals surface area (Å²) in [5.74, 6) is -2.72. The lowest BCUT2D eigenvalue weighted by molar-refractivity contribution is -0.117. The van der Waals surface area contributed by atoms with E-state index in [-0.39, 0.29) is 47.2 Å². The quantitative estimate of drug-likeness (QED) is 0.163. The maximum Gasteiger partial charge on any atom is 0.255 e. The predicted octanol–water partition coefficient (Wildman–Crippen LogP) is 3.78.